The van der Waals surface area contributed by atoms with Crippen LogP contribution >= 0.6 is 0 Å². The highest BCUT2D eigenvalue weighted by molar-refractivity contribution is 5.81. The van der Waals surface area contributed by atoms with Crippen molar-refractivity contribution in [3.63, 3.8) is 0 Å². The summed E-state index contributed by atoms with van der Waals surface area (Å²) >= 11 is 0. The van der Waals surface area contributed by atoms with Crippen LogP contribution in [0.5, 0.6) is 0 Å². The Morgan fingerprint density at radius 2 is 1.91 bits per heavy atom. The Bertz CT molecular complexity index is 1410. The first kappa shape index (κ1) is 19.7. The number of nitrogens with zero attached hydrogens (tertiary/aromatic N) is 7. The second-order valence-corrected chi connectivity index (χ2v) is 7.20. The fraction of sp³-hybridized carbons (Fsp3) is 0.136. The van der Waals surface area contributed by atoms with Gasteiger partial charge in [-0.15, -0.1) is 5.10 Å². The van der Waals surface area contributed by atoms with Gasteiger partial charge in [-0.25, -0.2) is 23.4 Å². The molecule has 4 heterocycles. The molecule has 5 rings (SSSR count). The lowest BCUT2D eigenvalue weighted by atomic mass is 10.2. The van der Waals surface area contributed by atoms with Gasteiger partial charge in [-0.05, 0) is 62.4 Å². The highest BCUT2D eigenvalue weighted by Gasteiger charge is 2.16. The lowest BCUT2D eigenvalue weighted by Gasteiger charge is -2.08. The van der Waals surface area contributed by atoms with Crippen molar-refractivity contribution in [3.05, 3.63) is 78.0 Å². The van der Waals surface area contributed by atoms with E-state index < -0.39 is 6.43 Å². The quantitative estimate of drug-likeness (QED) is 0.441. The molecule has 159 valence electrons. The molecule has 10 heteroatoms. The third-order valence-electron chi connectivity index (χ3n) is 4.86. The minimum atomic E-state index is -2.65. The molecule has 4 aromatic heterocycles. The number of hydrogen-bond donors (Lipinski definition) is 1. The molecule has 0 saturated heterocycles. The number of alkyl halides is 2. The van der Waals surface area contributed by atoms with Gasteiger partial charge < -0.3 is 5.32 Å². The number of pyridine rings is 1. The number of aromatic nitrogens is 7. The van der Waals surface area contributed by atoms with Crippen molar-refractivity contribution in [2.24, 2.45) is 0 Å². The summed E-state index contributed by atoms with van der Waals surface area (Å²) in [5.41, 5.74) is 3.50. The molecule has 0 unspecified atom stereocenters. The van der Waals surface area contributed by atoms with E-state index in [1.807, 2.05) is 41.8 Å². The molecule has 0 atom stereocenters. The molecule has 0 aliphatic heterocycles. The smallest absolute Gasteiger partial charge is 0.282 e. The van der Waals surface area contributed by atoms with Crippen LogP contribution in [0.25, 0.3) is 22.7 Å². The average Bonchev–Trinajstić information content (AvgIpc) is 3.39. The fourth-order valence-corrected chi connectivity index (χ4v) is 3.32. The Labute approximate surface area is 181 Å². The fourth-order valence-electron chi connectivity index (χ4n) is 3.32. The lowest BCUT2D eigenvalue weighted by Crippen LogP contribution is -2.05. The third-order valence-corrected chi connectivity index (χ3v) is 4.86. The van der Waals surface area contributed by atoms with Gasteiger partial charge in [-0.1, -0.05) is 0 Å². The number of benzene rings is 1. The van der Waals surface area contributed by atoms with Crippen LogP contribution in [-0.2, 0) is 0 Å². The van der Waals surface area contributed by atoms with Crippen molar-refractivity contribution in [2.75, 3.05) is 5.32 Å². The maximum atomic E-state index is 13.0. The summed E-state index contributed by atoms with van der Waals surface area (Å²) in [6.45, 7) is 3.57. The van der Waals surface area contributed by atoms with Crippen LogP contribution < -0.4 is 5.32 Å². The predicted octanol–water partition coefficient (Wildman–Crippen LogP) is 4.49. The summed E-state index contributed by atoms with van der Waals surface area (Å²) in [6, 6.07) is 17.2. The summed E-state index contributed by atoms with van der Waals surface area (Å²) < 4.78 is 29.2. The Kier molecular flexibility index (Phi) is 4.81. The number of rotatable bonds is 5. The van der Waals surface area contributed by atoms with E-state index >= 15 is 0 Å². The van der Waals surface area contributed by atoms with Crippen molar-refractivity contribution in [2.45, 2.75) is 20.3 Å². The highest BCUT2D eigenvalue weighted by Crippen LogP contribution is 2.24. The minimum absolute atomic E-state index is 0.297. The highest BCUT2D eigenvalue weighted by atomic mass is 19.3. The average molecular weight is 431 g/mol. The molecular weight excluding hydrogens is 414 g/mol. The molecule has 8 nitrogen and oxygen atoms in total. The molecule has 1 N–H and O–H groups in total. The third kappa shape index (κ3) is 3.66. The molecule has 0 bridgehead atoms. The number of fused-ring (bicyclic) bond motifs is 1. The molecule has 32 heavy (non-hydrogen) atoms. The molecule has 0 saturated carbocycles. The number of anilines is 2. The van der Waals surface area contributed by atoms with E-state index in [-0.39, 0.29) is 5.69 Å². The number of aryl methyl sites for hydroxylation is 2. The van der Waals surface area contributed by atoms with E-state index in [0.29, 0.717) is 23.1 Å². The van der Waals surface area contributed by atoms with Crippen molar-refractivity contribution in [1.29, 1.82) is 0 Å². The summed E-state index contributed by atoms with van der Waals surface area (Å²) in [7, 11) is 0. The van der Waals surface area contributed by atoms with Crippen LogP contribution in [0.4, 0.5) is 20.3 Å². The van der Waals surface area contributed by atoms with Gasteiger partial charge in [0.05, 0.1) is 16.7 Å². The standard InChI is InChI=1S/C22H17F2N8/c1-13-6-9-19(29-28-13)26-15-7-8-18-16(11-15)25-12-31(18)20-4-3-5-21(27-20)32-14(2)10-17(30-32)22(23)24/h3-4,6-12,22H,1-2H3,(H,26,29). The SMILES string of the molecule is Cc1ccc(Nc2ccc3c(c2)ncn3-c2cc[c]c(-n3nc(C(F)F)cc3C)n2)nn1. The zero-order chi connectivity index (χ0) is 22.2. The molecule has 1 radical (unpaired) electrons. The zero-order valence-corrected chi connectivity index (χ0v) is 17.2. The Morgan fingerprint density at radius 3 is 2.66 bits per heavy atom. The second-order valence-electron chi connectivity index (χ2n) is 7.20. The summed E-state index contributed by atoms with van der Waals surface area (Å²) in [6.07, 6.45) is -0.989. The molecule has 0 aliphatic rings. The van der Waals surface area contributed by atoms with E-state index in [2.05, 4.69) is 36.6 Å². The van der Waals surface area contributed by atoms with Gasteiger partial charge in [-0.3, -0.25) is 4.57 Å². The Morgan fingerprint density at radius 1 is 1.03 bits per heavy atom. The normalized spacial score (nSPS) is 11.4. The molecule has 5 aromatic rings. The van der Waals surface area contributed by atoms with Crippen molar-refractivity contribution >= 4 is 22.5 Å². The first-order valence-electron chi connectivity index (χ1n) is 9.76. The zero-order valence-electron chi connectivity index (χ0n) is 17.2. The van der Waals surface area contributed by atoms with Crippen LogP contribution in [-0.4, -0.2) is 34.5 Å². The van der Waals surface area contributed by atoms with E-state index in [4.69, 9.17) is 0 Å². The monoisotopic (exact) mass is 431 g/mol. The largest absolute Gasteiger partial charge is 0.339 e. The van der Waals surface area contributed by atoms with E-state index in [9.17, 15) is 8.78 Å². The predicted molar refractivity (Wildman–Crippen MR) is 115 cm³/mol. The van der Waals surface area contributed by atoms with Gasteiger partial charge >= 0.3 is 0 Å². The summed E-state index contributed by atoms with van der Waals surface area (Å²) in [5, 5.41) is 15.3. The van der Waals surface area contributed by atoms with Gasteiger partial charge in [0.2, 0.25) is 0 Å². The van der Waals surface area contributed by atoms with Crippen LogP contribution in [0.2, 0.25) is 0 Å². The van der Waals surface area contributed by atoms with Gasteiger partial charge in [0.25, 0.3) is 6.43 Å². The molecular formula is C22H17F2N8. The van der Waals surface area contributed by atoms with Crippen LogP contribution in [0, 0.1) is 19.9 Å². The number of imidazole rings is 1. The van der Waals surface area contributed by atoms with Crippen molar-refractivity contribution in [1.82, 2.24) is 34.5 Å². The molecule has 0 spiro atoms. The van der Waals surface area contributed by atoms with Gasteiger partial charge in [0.15, 0.2) is 11.6 Å². The topological polar surface area (TPSA) is 86.3 Å². The lowest BCUT2D eigenvalue weighted by molar-refractivity contribution is 0.145. The Hall–Kier alpha value is -4.21. The second kappa shape index (κ2) is 7.80. The van der Waals surface area contributed by atoms with Crippen molar-refractivity contribution < 1.29 is 8.78 Å². The van der Waals surface area contributed by atoms with E-state index in [1.165, 1.54) is 10.7 Å². The first-order chi connectivity index (χ1) is 15.5. The minimum Gasteiger partial charge on any atom is -0.339 e. The van der Waals surface area contributed by atoms with E-state index in [0.717, 1.165) is 22.4 Å². The maximum Gasteiger partial charge on any atom is 0.282 e. The number of hydrogen-bond acceptors (Lipinski definition) is 6. The molecule has 1 aromatic carbocycles. The molecule has 0 aliphatic carbocycles. The van der Waals surface area contributed by atoms with Crippen LogP contribution in [0.1, 0.15) is 23.5 Å². The van der Waals surface area contributed by atoms with Crippen molar-refractivity contribution in [3.8, 4) is 11.6 Å². The molecule has 0 amide bonds. The number of nitrogens with one attached hydrogen (secondary N) is 1. The maximum absolute atomic E-state index is 13.0. The van der Waals surface area contributed by atoms with Gasteiger partial charge in [0.1, 0.15) is 17.8 Å². The number of halogens is 2. The molecule has 0 fully saturated rings. The van der Waals surface area contributed by atoms with Crippen LogP contribution in [0.3, 0.4) is 0 Å². The summed E-state index contributed by atoms with van der Waals surface area (Å²) in [4.78, 5) is 9.03. The van der Waals surface area contributed by atoms with Gasteiger partial charge in [-0.2, -0.15) is 10.2 Å². The van der Waals surface area contributed by atoms with Crippen LogP contribution in [0.15, 0.2) is 54.9 Å². The van der Waals surface area contributed by atoms with E-state index in [1.54, 1.807) is 25.4 Å². The first-order valence-corrected chi connectivity index (χ1v) is 9.76. The van der Waals surface area contributed by atoms with Gasteiger partial charge in [0, 0.05) is 17.4 Å². The summed E-state index contributed by atoms with van der Waals surface area (Å²) in [5.74, 6) is 1.53. The Balaban J connectivity index is 1.47.